The zero-order valence-electron chi connectivity index (χ0n) is 18.7. The summed E-state index contributed by atoms with van der Waals surface area (Å²) in [5.74, 6) is -1.00. The highest BCUT2D eigenvalue weighted by molar-refractivity contribution is 5.95. The van der Waals surface area contributed by atoms with Crippen molar-refractivity contribution >= 4 is 5.97 Å². The van der Waals surface area contributed by atoms with Crippen molar-refractivity contribution in [2.75, 3.05) is 7.11 Å². The number of unbranched alkanes of at least 4 members (excludes halogenated alkanes) is 1. The molecule has 0 aliphatic heterocycles. The maximum Gasteiger partial charge on any atom is 0.408 e. The van der Waals surface area contributed by atoms with E-state index in [-0.39, 0.29) is 12.2 Å². The summed E-state index contributed by atoms with van der Waals surface area (Å²) in [7, 11) is 1.45. The monoisotopic (exact) mass is 460 g/mol. The molecule has 0 aliphatic carbocycles. The fraction of sp³-hybridized carbons (Fsp3) is 0.360. The minimum absolute atomic E-state index is 0.0363. The third-order valence-corrected chi connectivity index (χ3v) is 5.43. The van der Waals surface area contributed by atoms with E-state index in [1.165, 1.54) is 7.11 Å². The van der Waals surface area contributed by atoms with Crippen LogP contribution in [0.15, 0.2) is 48.5 Å². The van der Waals surface area contributed by atoms with Crippen LogP contribution in [0.2, 0.25) is 0 Å². The number of alkyl halides is 3. The van der Waals surface area contributed by atoms with E-state index in [0.29, 0.717) is 29.8 Å². The van der Waals surface area contributed by atoms with Crippen LogP contribution < -0.4 is 0 Å². The molecule has 33 heavy (non-hydrogen) atoms. The maximum atomic E-state index is 13.1. The number of rotatable bonds is 10. The van der Waals surface area contributed by atoms with Gasteiger partial charge in [-0.15, -0.1) is 0 Å². The number of hydrogen-bond donors (Lipinski definition) is 1. The summed E-state index contributed by atoms with van der Waals surface area (Å²) in [6, 6.07) is 14.2. The average Bonchev–Trinajstić information content (AvgIpc) is 3.07. The largest absolute Gasteiger partial charge is 0.478 e. The van der Waals surface area contributed by atoms with Gasteiger partial charge in [-0.3, -0.25) is 4.68 Å². The second-order valence-corrected chi connectivity index (χ2v) is 7.91. The molecule has 3 aromatic rings. The van der Waals surface area contributed by atoms with Crippen LogP contribution in [0.1, 0.15) is 52.6 Å². The lowest BCUT2D eigenvalue weighted by molar-refractivity contribution is -0.143. The molecular formula is C25H27F3N2O3. The fourth-order valence-corrected chi connectivity index (χ4v) is 3.86. The molecule has 0 saturated carbocycles. The lowest BCUT2D eigenvalue weighted by Gasteiger charge is -2.12. The average molecular weight is 460 g/mol. The molecule has 176 valence electrons. The summed E-state index contributed by atoms with van der Waals surface area (Å²) >= 11 is 0. The molecule has 0 spiro atoms. The normalized spacial score (nSPS) is 11.7. The van der Waals surface area contributed by atoms with Crippen molar-refractivity contribution in [1.29, 1.82) is 0 Å². The Kier molecular flexibility index (Phi) is 7.92. The van der Waals surface area contributed by atoms with E-state index < -0.39 is 18.7 Å². The standard InChI is InChI=1S/C25H27F3N2O3/c1-3-4-9-22-21(23(15-33-2)30(29-22)16-25(26,27)28)14-17-10-12-18(13-11-17)19-7-5-6-8-20(19)24(31)32/h5-8,10-13H,3-4,9,14-16H2,1-2H3,(H,31,32). The quantitative estimate of drug-likeness (QED) is 0.410. The Morgan fingerprint density at radius 2 is 1.82 bits per heavy atom. The van der Waals surface area contributed by atoms with Gasteiger partial charge in [-0.05, 0) is 35.6 Å². The van der Waals surface area contributed by atoms with Crippen LogP contribution in [0.4, 0.5) is 13.2 Å². The molecule has 0 radical (unpaired) electrons. The smallest absolute Gasteiger partial charge is 0.408 e. The van der Waals surface area contributed by atoms with Gasteiger partial charge in [0.1, 0.15) is 6.54 Å². The van der Waals surface area contributed by atoms with Crippen molar-refractivity contribution in [3.05, 3.63) is 76.6 Å². The third kappa shape index (κ3) is 6.22. The van der Waals surface area contributed by atoms with Crippen LogP contribution >= 0.6 is 0 Å². The third-order valence-electron chi connectivity index (χ3n) is 5.43. The Bertz CT molecular complexity index is 1090. The molecule has 1 N–H and O–H groups in total. The van der Waals surface area contributed by atoms with Gasteiger partial charge in [0.25, 0.3) is 0 Å². The fourth-order valence-electron chi connectivity index (χ4n) is 3.86. The number of carboxylic acids is 1. The first-order chi connectivity index (χ1) is 15.7. The van der Waals surface area contributed by atoms with Crippen molar-refractivity contribution < 1.29 is 27.8 Å². The minimum atomic E-state index is -4.38. The van der Waals surface area contributed by atoms with Crippen LogP contribution in [0.3, 0.4) is 0 Å². The van der Waals surface area contributed by atoms with E-state index in [1.807, 2.05) is 31.2 Å². The second kappa shape index (κ2) is 10.7. The second-order valence-electron chi connectivity index (χ2n) is 7.91. The van der Waals surface area contributed by atoms with Crippen molar-refractivity contribution in [1.82, 2.24) is 9.78 Å². The Labute approximate surface area is 190 Å². The molecule has 3 rings (SSSR count). The number of ether oxygens (including phenoxy) is 1. The van der Waals surface area contributed by atoms with Crippen molar-refractivity contribution in [3.63, 3.8) is 0 Å². The molecule has 0 saturated heterocycles. The Morgan fingerprint density at radius 1 is 1.12 bits per heavy atom. The predicted octanol–water partition coefficient (Wildman–Crippen LogP) is 5.89. The molecule has 1 heterocycles. The van der Waals surface area contributed by atoms with Crippen LogP contribution in [0, 0.1) is 0 Å². The van der Waals surface area contributed by atoms with E-state index >= 15 is 0 Å². The molecule has 0 fully saturated rings. The van der Waals surface area contributed by atoms with Crippen LogP contribution in [-0.2, 0) is 30.7 Å². The number of halogens is 3. The molecule has 8 heteroatoms. The van der Waals surface area contributed by atoms with Crippen LogP contribution in [-0.4, -0.2) is 34.1 Å². The summed E-state index contributed by atoms with van der Waals surface area (Å²) in [6.07, 6.45) is -1.64. The summed E-state index contributed by atoms with van der Waals surface area (Å²) in [5, 5.41) is 13.7. The van der Waals surface area contributed by atoms with Gasteiger partial charge >= 0.3 is 12.1 Å². The van der Waals surface area contributed by atoms with E-state index in [0.717, 1.165) is 34.2 Å². The van der Waals surface area contributed by atoms with E-state index in [4.69, 9.17) is 4.74 Å². The van der Waals surface area contributed by atoms with E-state index in [9.17, 15) is 23.1 Å². The van der Waals surface area contributed by atoms with Gasteiger partial charge in [0, 0.05) is 19.1 Å². The molecule has 0 unspecified atom stereocenters. The first kappa shape index (κ1) is 24.5. The Hall–Kier alpha value is -3.13. The van der Waals surface area contributed by atoms with Gasteiger partial charge in [-0.1, -0.05) is 55.8 Å². The van der Waals surface area contributed by atoms with Gasteiger partial charge in [0.2, 0.25) is 0 Å². The Balaban J connectivity index is 1.95. The molecule has 1 aromatic heterocycles. The van der Waals surface area contributed by atoms with E-state index in [2.05, 4.69) is 5.10 Å². The minimum Gasteiger partial charge on any atom is -0.478 e. The van der Waals surface area contributed by atoms with Crippen molar-refractivity contribution in [2.24, 2.45) is 0 Å². The molecule has 5 nitrogen and oxygen atoms in total. The number of carbonyl (C=O) groups is 1. The molecular weight excluding hydrogens is 433 g/mol. The summed E-state index contributed by atoms with van der Waals surface area (Å²) in [4.78, 5) is 11.5. The van der Waals surface area contributed by atoms with Gasteiger partial charge in [0.15, 0.2) is 0 Å². The number of carboxylic acid groups (broad SMARTS) is 1. The Morgan fingerprint density at radius 3 is 2.42 bits per heavy atom. The summed E-state index contributed by atoms with van der Waals surface area (Å²) < 4.78 is 45.6. The van der Waals surface area contributed by atoms with Gasteiger partial charge < -0.3 is 9.84 Å². The SMILES string of the molecule is CCCCc1nn(CC(F)(F)F)c(COC)c1Cc1ccc(-c2ccccc2C(=O)O)cc1. The molecule has 2 aromatic carbocycles. The molecule has 0 atom stereocenters. The van der Waals surface area contributed by atoms with E-state index in [1.54, 1.807) is 24.3 Å². The first-order valence-electron chi connectivity index (χ1n) is 10.8. The highest BCUT2D eigenvalue weighted by Crippen LogP contribution is 2.28. The van der Waals surface area contributed by atoms with Gasteiger partial charge in [-0.2, -0.15) is 18.3 Å². The van der Waals surface area contributed by atoms with Crippen molar-refractivity contribution in [3.8, 4) is 11.1 Å². The van der Waals surface area contributed by atoms with Gasteiger partial charge in [0.05, 0.1) is 23.6 Å². The number of aromatic carboxylic acids is 1. The van der Waals surface area contributed by atoms with Crippen molar-refractivity contribution in [2.45, 2.75) is 51.9 Å². The number of methoxy groups -OCH3 is 1. The predicted molar refractivity (Wildman–Crippen MR) is 119 cm³/mol. The van der Waals surface area contributed by atoms with Crippen LogP contribution in [0.5, 0.6) is 0 Å². The highest BCUT2D eigenvalue weighted by atomic mass is 19.4. The molecule has 0 amide bonds. The molecule has 0 bridgehead atoms. The maximum absolute atomic E-state index is 13.1. The number of aryl methyl sites for hydroxylation is 1. The number of aromatic nitrogens is 2. The summed E-state index contributed by atoms with van der Waals surface area (Å²) in [5.41, 5.74) is 4.32. The van der Waals surface area contributed by atoms with Gasteiger partial charge in [-0.25, -0.2) is 4.79 Å². The first-order valence-corrected chi connectivity index (χ1v) is 10.8. The lowest BCUT2D eigenvalue weighted by Crippen LogP contribution is -2.21. The number of nitrogens with zero attached hydrogens (tertiary/aromatic N) is 2. The lowest BCUT2D eigenvalue weighted by atomic mass is 9.96. The molecule has 0 aliphatic rings. The number of hydrogen-bond acceptors (Lipinski definition) is 3. The topological polar surface area (TPSA) is 64.4 Å². The zero-order valence-corrected chi connectivity index (χ0v) is 18.7. The highest BCUT2D eigenvalue weighted by Gasteiger charge is 2.31. The van der Waals surface area contributed by atoms with Crippen LogP contribution in [0.25, 0.3) is 11.1 Å². The zero-order chi connectivity index (χ0) is 24.0. The summed E-state index contributed by atoms with van der Waals surface area (Å²) in [6.45, 7) is 0.903. The number of benzene rings is 2.